The molecule has 0 saturated carbocycles. The van der Waals surface area contributed by atoms with Gasteiger partial charge in [-0.25, -0.2) is 0 Å². The molecule has 2 aromatic rings. The van der Waals surface area contributed by atoms with Crippen molar-refractivity contribution in [1.29, 1.82) is 0 Å². The Hall–Kier alpha value is -2.41. The minimum atomic E-state index is -1.08. The highest BCUT2D eigenvalue weighted by Gasteiger charge is 2.33. The minimum absolute atomic E-state index is 0.246. The Balaban J connectivity index is 2.36. The van der Waals surface area contributed by atoms with Gasteiger partial charge >= 0.3 is 5.97 Å². The Labute approximate surface area is 139 Å². The number of carbonyl (C=O) groups is 2. The van der Waals surface area contributed by atoms with Crippen molar-refractivity contribution in [2.24, 2.45) is 17.6 Å². The SMILES string of the molecule is CNC(=S)[C@@H](Cc1c[nH]c2ccccc12)C(CC(N)=O)C(=O)O. The highest BCUT2D eigenvalue weighted by atomic mass is 32.1. The zero-order valence-corrected chi connectivity index (χ0v) is 13.5. The number of aromatic amines is 1. The average molecular weight is 333 g/mol. The van der Waals surface area contributed by atoms with Crippen molar-refractivity contribution in [3.8, 4) is 0 Å². The van der Waals surface area contributed by atoms with Crippen LogP contribution in [0.25, 0.3) is 10.9 Å². The first kappa shape index (κ1) is 17.0. The number of carboxylic acid groups (broad SMARTS) is 1. The summed E-state index contributed by atoms with van der Waals surface area (Å²) in [5.74, 6) is -3.20. The zero-order chi connectivity index (χ0) is 17.0. The van der Waals surface area contributed by atoms with Crippen LogP contribution in [0, 0.1) is 11.8 Å². The molecule has 0 bridgehead atoms. The molecule has 0 aliphatic heterocycles. The van der Waals surface area contributed by atoms with Crippen molar-refractivity contribution >= 4 is 40.0 Å². The van der Waals surface area contributed by atoms with Crippen LogP contribution in [0.4, 0.5) is 0 Å². The van der Waals surface area contributed by atoms with Gasteiger partial charge in [0, 0.05) is 36.5 Å². The van der Waals surface area contributed by atoms with Crippen LogP contribution in [0.1, 0.15) is 12.0 Å². The van der Waals surface area contributed by atoms with E-state index in [1.165, 1.54) is 0 Å². The minimum Gasteiger partial charge on any atom is -0.481 e. The van der Waals surface area contributed by atoms with Gasteiger partial charge in [0.15, 0.2) is 0 Å². The van der Waals surface area contributed by atoms with Gasteiger partial charge in [0.25, 0.3) is 0 Å². The average Bonchev–Trinajstić information content (AvgIpc) is 2.92. The molecule has 2 rings (SSSR count). The number of aromatic nitrogens is 1. The van der Waals surface area contributed by atoms with E-state index < -0.39 is 23.7 Å². The van der Waals surface area contributed by atoms with Gasteiger partial charge in [0.05, 0.1) is 10.9 Å². The van der Waals surface area contributed by atoms with E-state index >= 15 is 0 Å². The third-order valence-corrected chi connectivity index (χ3v) is 4.43. The lowest BCUT2D eigenvalue weighted by atomic mass is 9.84. The second-order valence-corrected chi connectivity index (χ2v) is 5.84. The molecular formula is C16H19N3O3S. The van der Waals surface area contributed by atoms with Crippen LogP contribution in [0.15, 0.2) is 30.5 Å². The fourth-order valence-electron chi connectivity index (χ4n) is 2.76. The maximum Gasteiger partial charge on any atom is 0.307 e. The molecule has 0 saturated heterocycles. The highest BCUT2D eigenvalue weighted by molar-refractivity contribution is 7.80. The predicted molar refractivity (Wildman–Crippen MR) is 92.1 cm³/mol. The molecule has 23 heavy (non-hydrogen) atoms. The lowest BCUT2D eigenvalue weighted by Gasteiger charge is -2.23. The summed E-state index contributed by atoms with van der Waals surface area (Å²) in [5.41, 5.74) is 7.13. The number of benzene rings is 1. The number of hydrogen-bond donors (Lipinski definition) is 4. The number of carbonyl (C=O) groups excluding carboxylic acids is 1. The largest absolute Gasteiger partial charge is 0.481 e. The first-order valence-electron chi connectivity index (χ1n) is 7.21. The van der Waals surface area contributed by atoms with Crippen LogP contribution in [0.2, 0.25) is 0 Å². The fourth-order valence-corrected chi connectivity index (χ4v) is 3.01. The molecule has 0 radical (unpaired) electrons. The number of rotatable bonds is 7. The number of fused-ring (bicyclic) bond motifs is 1. The normalized spacial score (nSPS) is 13.4. The summed E-state index contributed by atoms with van der Waals surface area (Å²) in [7, 11) is 1.65. The highest BCUT2D eigenvalue weighted by Crippen LogP contribution is 2.26. The molecule has 2 atom stereocenters. The van der Waals surface area contributed by atoms with Crippen LogP contribution in [0.5, 0.6) is 0 Å². The number of nitrogens with two attached hydrogens (primary N) is 1. The second kappa shape index (κ2) is 7.23. The summed E-state index contributed by atoms with van der Waals surface area (Å²) < 4.78 is 0. The van der Waals surface area contributed by atoms with E-state index in [0.717, 1.165) is 16.5 Å². The lowest BCUT2D eigenvalue weighted by molar-refractivity contribution is -0.144. The summed E-state index contributed by atoms with van der Waals surface area (Å²) in [4.78, 5) is 26.4. The van der Waals surface area contributed by atoms with Gasteiger partial charge in [-0.05, 0) is 18.1 Å². The molecule has 1 amide bonds. The van der Waals surface area contributed by atoms with Crippen LogP contribution < -0.4 is 11.1 Å². The van der Waals surface area contributed by atoms with Crippen molar-refractivity contribution in [2.45, 2.75) is 12.8 Å². The van der Waals surface area contributed by atoms with E-state index in [1.54, 1.807) is 7.05 Å². The maximum atomic E-state index is 11.6. The lowest BCUT2D eigenvalue weighted by Crippen LogP contribution is -2.38. The number of aliphatic carboxylic acids is 1. The number of para-hydroxylation sites is 1. The Kier molecular flexibility index (Phi) is 5.33. The molecule has 0 spiro atoms. The summed E-state index contributed by atoms with van der Waals surface area (Å²) in [6.45, 7) is 0. The smallest absolute Gasteiger partial charge is 0.307 e. The van der Waals surface area contributed by atoms with Crippen LogP contribution >= 0.6 is 12.2 Å². The first-order valence-corrected chi connectivity index (χ1v) is 7.62. The molecule has 0 fully saturated rings. The van der Waals surface area contributed by atoms with Crippen molar-refractivity contribution in [1.82, 2.24) is 10.3 Å². The van der Waals surface area contributed by atoms with Gasteiger partial charge in [0.2, 0.25) is 5.91 Å². The van der Waals surface area contributed by atoms with Crippen molar-refractivity contribution in [3.63, 3.8) is 0 Å². The summed E-state index contributed by atoms with van der Waals surface area (Å²) in [6, 6.07) is 7.75. The third kappa shape index (κ3) is 3.87. The first-order chi connectivity index (χ1) is 10.9. The maximum absolute atomic E-state index is 11.6. The number of amides is 1. The molecule has 1 aromatic carbocycles. The predicted octanol–water partition coefficient (Wildman–Crippen LogP) is 1.45. The topological polar surface area (TPSA) is 108 Å². The Morgan fingerprint density at radius 3 is 2.65 bits per heavy atom. The van der Waals surface area contributed by atoms with Crippen LogP contribution in [-0.2, 0) is 16.0 Å². The van der Waals surface area contributed by atoms with Crippen molar-refractivity contribution < 1.29 is 14.7 Å². The van der Waals surface area contributed by atoms with E-state index in [-0.39, 0.29) is 6.42 Å². The molecular weight excluding hydrogens is 314 g/mol. The molecule has 0 aliphatic carbocycles. The molecule has 0 aliphatic rings. The van der Waals surface area contributed by atoms with Crippen LogP contribution in [-0.4, -0.2) is 34.0 Å². The third-order valence-electron chi connectivity index (χ3n) is 3.92. The molecule has 5 N–H and O–H groups in total. The summed E-state index contributed by atoms with van der Waals surface area (Å²) in [6.07, 6.45) is 2.01. The summed E-state index contributed by atoms with van der Waals surface area (Å²) in [5, 5.41) is 13.3. The summed E-state index contributed by atoms with van der Waals surface area (Å²) >= 11 is 5.28. The van der Waals surface area contributed by atoms with Gasteiger partial charge in [0.1, 0.15) is 0 Å². The standard InChI is InChI=1S/C16H19N3O3S/c1-18-15(23)11(12(16(21)22)7-14(17)20)6-9-8-19-13-5-3-2-4-10(9)13/h2-5,8,11-12,19H,6-7H2,1H3,(H2,17,20)(H,18,23)(H,21,22)/t11-,12?/m0/s1. The van der Waals surface area contributed by atoms with E-state index in [9.17, 15) is 14.7 Å². The Bertz CT molecular complexity index is 741. The molecule has 7 heteroatoms. The number of primary amides is 1. The number of nitrogens with one attached hydrogen (secondary N) is 2. The monoisotopic (exact) mass is 333 g/mol. The van der Waals surface area contributed by atoms with Gasteiger partial charge in [-0.1, -0.05) is 30.4 Å². The van der Waals surface area contributed by atoms with E-state index in [1.807, 2.05) is 30.5 Å². The number of hydrogen-bond acceptors (Lipinski definition) is 3. The van der Waals surface area contributed by atoms with Gasteiger partial charge in [-0.3, -0.25) is 9.59 Å². The fraction of sp³-hybridized carbons (Fsp3) is 0.312. The zero-order valence-electron chi connectivity index (χ0n) is 12.7. The number of thiocarbonyl (C=S) groups is 1. The van der Waals surface area contributed by atoms with Gasteiger partial charge in [-0.15, -0.1) is 0 Å². The van der Waals surface area contributed by atoms with Crippen molar-refractivity contribution in [3.05, 3.63) is 36.0 Å². The number of carboxylic acids is 1. The molecule has 122 valence electrons. The molecule has 1 heterocycles. The Morgan fingerprint density at radius 1 is 1.35 bits per heavy atom. The molecule has 6 nitrogen and oxygen atoms in total. The van der Waals surface area contributed by atoms with Gasteiger partial charge in [-0.2, -0.15) is 0 Å². The van der Waals surface area contributed by atoms with Crippen molar-refractivity contribution in [2.75, 3.05) is 7.05 Å². The van der Waals surface area contributed by atoms with E-state index in [2.05, 4.69) is 10.3 Å². The van der Waals surface area contributed by atoms with Crippen LogP contribution in [0.3, 0.4) is 0 Å². The molecule has 1 unspecified atom stereocenters. The quantitative estimate of drug-likeness (QED) is 0.574. The number of H-pyrrole nitrogens is 1. The Morgan fingerprint density at radius 2 is 2.04 bits per heavy atom. The van der Waals surface area contributed by atoms with E-state index in [0.29, 0.717) is 11.4 Å². The second-order valence-electron chi connectivity index (χ2n) is 5.40. The van der Waals surface area contributed by atoms with Gasteiger partial charge < -0.3 is 21.1 Å². The molecule has 1 aromatic heterocycles. The van der Waals surface area contributed by atoms with E-state index in [4.69, 9.17) is 18.0 Å².